The van der Waals surface area contributed by atoms with Crippen LogP contribution in [0.2, 0.25) is 0 Å². The fourth-order valence-corrected chi connectivity index (χ4v) is 7.28. The number of amides is 2. The quantitative estimate of drug-likeness (QED) is 0.861. The number of likely N-dealkylation sites (tertiary alicyclic amines) is 1. The molecule has 0 aromatic carbocycles. The highest BCUT2D eigenvalue weighted by Crippen LogP contribution is 2.60. The summed E-state index contributed by atoms with van der Waals surface area (Å²) in [5, 5.41) is 3.19. The van der Waals surface area contributed by atoms with Gasteiger partial charge < -0.3 is 15.4 Å². The van der Waals surface area contributed by atoms with Gasteiger partial charge in [0.25, 0.3) is 0 Å². The van der Waals surface area contributed by atoms with Crippen molar-refractivity contribution in [1.82, 2.24) is 9.88 Å². The first-order valence-electron chi connectivity index (χ1n) is 10.1. The zero-order valence-electron chi connectivity index (χ0n) is 15.7. The number of rotatable bonds is 3. The van der Waals surface area contributed by atoms with Gasteiger partial charge in [-0.2, -0.15) is 0 Å². The van der Waals surface area contributed by atoms with Crippen LogP contribution in [-0.2, 0) is 9.53 Å². The maximum Gasteiger partial charge on any atom is 0.410 e. The van der Waals surface area contributed by atoms with Gasteiger partial charge in [-0.1, -0.05) is 0 Å². The maximum atomic E-state index is 12.8. The summed E-state index contributed by atoms with van der Waals surface area (Å²) in [7, 11) is 0. The third-order valence-corrected chi connectivity index (χ3v) is 8.50. The van der Waals surface area contributed by atoms with Crippen molar-refractivity contribution in [2.45, 2.75) is 57.5 Å². The Bertz CT molecular complexity index is 762. The second-order valence-electron chi connectivity index (χ2n) is 9.22. The smallest absolute Gasteiger partial charge is 0.410 e. The summed E-state index contributed by atoms with van der Waals surface area (Å²) in [6.45, 7) is 3.44. The van der Waals surface area contributed by atoms with Crippen molar-refractivity contribution in [2.75, 3.05) is 13.1 Å². The number of nitrogens with zero attached hydrogens (tertiary/aromatic N) is 2. The lowest BCUT2D eigenvalue weighted by Crippen LogP contribution is -2.59. The molecule has 4 saturated carbocycles. The van der Waals surface area contributed by atoms with Crippen LogP contribution in [0.15, 0.2) is 5.38 Å². The molecule has 5 fully saturated rings. The molecule has 5 aliphatic rings. The van der Waals surface area contributed by atoms with Gasteiger partial charge in [-0.05, 0) is 63.2 Å². The largest absolute Gasteiger partial charge is 0.446 e. The molecule has 4 bridgehead atoms. The van der Waals surface area contributed by atoms with Crippen molar-refractivity contribution in [3.05, 3.63) is 16.1 Å². The van der Waals surface area contributed by atoms with Crippen LogP contribution < -0.4 is 5.73 Å². The summed E-state index contributed by atoms with van der Waals surface area (Å²) < 4.78 is 6.04. The molecule has 2 N–H and O–H groups in total. The first-order valence-corrected chi connectivity index (χ1v) is 11.0. The number of hydrogen-bond acceptors (Lipinski definition) is 5. The van der Waals surface area contributed by atoms with E-state index in [1.54, 1.807) is 11.3 Å². The highest BCUT2D eigenvalue weighted by Gasteiger charge is 2.59. The number of hydrogen-bond donors (Lipinski definition) is 1. The minimum atomic E-state index is -0.332. The summed E-state index contributed by atoms with van der Waals surface area (Å²) in [6.07, 6.45) is 5.42. The number of aryl methyl sites for hydroxylation is 1. The van der Waals surface area contributed by atoms with Gasteiger partial charge in [0, 0.05) is 30.1 Å². The van der Waals surface area contributed by atoms with Gasteiger partial charge in [-0.25, -0.2) is 9.78 Å². The highest BCUT2D eigenvalue weighted by molar-refractivity contribution is 7.09. The lowest BCUT2D eigenvalue weighted by atomic mass is 9.48. The van der Waals surface area contributed by atoms with Crippen molar-refractivity contribution in [3.8, 4) is 0 Å². The SMILES string of the molecule is Cc1csc(C2CCN(C(=O)OC3C4CC5C[C@H]3C[C@@](C(N)=O)(C5)C4)C2)n1. The fraction of sp³-hybridized carbons (Fsp3) is 0.750. The lowest BCUT2D eigenvalue weighted by Gasteiger charge is -2.58. The van der Waals surface area contributed by atoms with Gasteiger partial charge in [0.05, 0.1) is 10.4 Å². The van der Waals surface area contributed by atoms with Crippen LogP contribution in [0.25, 0.3) is 0 Å². The maximum absolute atomic E-state index is 12.8. The highest BCUT2D eigenvalue weighted by atomic mass is 32.1. The summed E-state index contributed by atoms with van der Waals surface area (Å²) in [5.74, 6) is 1.36. The Morgan fingerprint density at radius 3 is 2.67 bits per heavy atom. The van der Waals surface area contributed by atoms with Crippen LogP contribution in [0.3, 0.4) is 0 Å². The number of aromatic nitrogens is 1. The summed E-state index contributed by atoms with van der Waals surface area (Å²) >= 11 is 1.68. The molecule has 146 valence electrons. The molecular formula is C20H27N3O3S. The second kappa shape index (κ2) is 6.19. The van der Waals surface area contributed by atoms with Gasteiger partial charge in [-0.15, -0.1) is 11.3 Å². The van der Waals surface area contributed by atoms with Crippen molar-refractivity contribution in [1.29, 1.82) is 0 Å². The van der Waals surface area contributed by atoms with E-state index in [-0.39, 0.29) is 23.5 Å². The summed E-state index contributed by atoms with van der Waals surface area (Å²) in [4.78, 5) is 31.3. The van der Waals surface area contributed by atoms with Crippen LogP contribution in [-0.4, -0.2) is 41.1 Å². The average molecular weight is 390 g/mol. The monoisotopic (exact) mass is 389 g/mol. The molecule has 0 spiro atoms. The molecule has 6 rings (SSSR count). The van der Waals surface area contributed by atoms with Crippen molar-refractivity contribution >= 4 is 23.3 Å². The van der Waals surface area contributed by atoms with E-state index >= 15 is 0 Å². The second-order valence-corrected chi connectivity index (χ2v) is 10.1. The predicted octanol–water partition coefficient (Wildman–Crippen LogP) is 3.06. The molecular weight excluding hydrogens is 362 g/mol. The molecule has 1 aromatic rings. The Morgan fingerprint density at radius 1 is 1.30 bits per heavy atom. The normalized spacial score (nSPS) is 39.7. The molecule has 4 aliphatic carbocycles. The first-order chi connectivity index (χ1) is 12.9. The number of carbonyl (C=O) groups is 2. The number of primary amides is 1. The Morgan fingerprint density at radius 2 is 2.04 bits per heavy atom. The first kappa shape index (κ1) is 17.5. The minimum absolute atomic E-state index is 0.0392. The molecule has 4 unspecified atom stereocenters. The Balaban J connectivity index is 1.24. The van der Waals surface area contributed by atoms with Crippen LogP contribution in [0, 0.1) is 30.1 Å². The fourth-order valence-electron chi connectivity index (χ4n) is 6.35. The van der Waals surface area contributed by atoms with Gasteiger partial charge in [0.1, 0.15) is 6.10 Å². The van der Waals surface area contributed by atoms with Crippen LogP contribution >= 0.6 is 11.3 Å². The molecule has 1 saturated heterocycles. The Kier molecular flexibility index (Phi) is 4.00. The number of carbonyl (C=O) groups excluding carboxylic acids is 2. The Labute approximate surface area is 163 Å². The topological polar surface area (TPSA) is 85.5 Å². The number of nitrogens with two attached hydrogens (primary N) is 1. The van der Waals surface area contributed by atoms with E-state index in [4.69, 9.17) is 10.5 Å². The van der Waals surface area contributed by atoms with E-state index in [1.807, 2.05) is 11.8 Å². The number of ether oxygens (including phenoxy) is 1. The van der Waals surface area contributed by atoms with Crippen molar-refractivity contribution in [3.63, 3.8) is 0 Å². The lowest BCUT2D eigenvalue weighted by molar-refractivity contribution is -0.161. The third kappa shape index (κ3) is 2.85. The van der Waals surface area contributed by atoms with Gasteiger partial charge >= 0.3 is 6.09 Å². The summed E-state index contributed by atoms with van der Waals surface area (Å²) in [5.41, 5.74) is 6.47. The van der Waals surface area contributed by atoms with Crippen molar-refractivity contribution in [2.24, 2.45) is 28.9 Å². The van der Waals surface area contributed by atoms with E-state index in [0.29, 0.717) is 30.2 Å². The zero-order valence-corrected chi connectivity index (χ0v) is 16.5. The predicted molar refractivity (Wildman–Crippen MR) is 101 cm³/mol. The molecule has 1 aromatic heterocycles. The average Bonchev–Trinajstić information content (AvgIpc) is 3.26. The van der Waals surface area contributed by atoms with E-state index < -0.39 is 0 Å². The van der Waals surface area contributed by atoms with Crippen LogP contribution in [0.5, 0.6) is 0 Å². The molecule has 6 nitrogen and oxygen atoms in total. The van der Waals surface area contributed by atoms with Crippen LogP contribution in [0.1, 0.15) is 55.1 Å². The summed E-state index contributed by atoms with van der Waals surface area (Å²) in [6, 6.07) is 0. The minimum Gasteiger partial charge on any atom is -0.446 e. The van der Waals surface area contributed by atoms with E-state index in [0.717, 1.165) is 55.8 Å². The van der Waals surface area contributed by atoms with Crippen molar-refractivity contribution < 1.29 is 14.3 Å². The standard InChI is InChI=1S/C20H27N3O3S/c1-11-10-27-17(22-11)13-2-3-23(9-13)19(25)26-16-14-4-12-5-15(16)8-20(6-12,7-14)18(21)24/h10,12-16H,2-9H2,1H3,(H2,21,24)/t12?,13?,14-,15?,16?,20-/m0/s1. The molecule has 27 heavy (non-hydrogen) atoms. The molecule has 2 heterocycles. The van der Waals surface area contributed by atoms with E-state index in [1.165, 1.54) is 0 Å². The molecule has 6 atom stereocenters. The molecule has 7 heteroatoms. The van der Waals surface area contributed by atoms with Gasteiger partial charge in [0.2, 0.25) is 5.91 Å². The van der Waals surface area contributed by atoms with Gasteiger partial charge in [-0.3, -0.25) is 4.79 Å². The number of thiazole rings is 1. The Hall–Kier alpha value is -1.63. The zero-order chi connectivity index (χ0) is 18.8. The molecule has 2 amide bonds. The van der Waals surface area contributed by atoms with E-state index in [9.17, 15) is 9.59 Å². The molecule has 1 aliphatic heterocycles. The third-order valence-electron chi connectivity index (χ3n) is 7.38. The van der Waals surface area contributed by atoms with Gasteiger partial charge in [0.15, 0.2) is 0 Å². The molecule has 0 radical (unpaired) electrons. The van der Waals surface area contributed by atoms with E-state index in [2.05, 4.69) is 10.4 Å². The van der Waals surface area contributed by atoms with Crippen LogP contribution in [0.4, 0.5) is 4.79 Å².